The van der Waals surface area contributed by atoms with Crippen LogP contribution in [0.5, 0.6) is 0 Å². The third-order valence-electron chi connectivity index (χ3n) is 2.97. The Labute approximate surface area is 144 Å². The Hall–Kier alpha value is -0.710. The molecule has 0 aliphatic heterocycles. The van der Waals surface area contributed by atoms with Gasteiger partial charge in [0.05, 0.1) is 24.7 Å². The molecule has 0 aliphatic rings. The van der Waals surface area contributed by atoms with E-state index in [0.717, 1.165) is 5.56 Å². The van der Waals surface area contributed by atoms with E-state index in [1.165, 1.54) is 19.2 Å². The number of halogens is 1. The average molecular weight is 442 g/mol. The maximum atomic E-state index is 12.0. The van der Waals surface area contributed by atoms with Gasteiger partial charge in [-0.05, 0) is 25.5 Å². The van der Waals surface area contributed by atoms with Crippen LogP contribution in [0.25, 0.3) is 0 Å². The zero-order valence-electron chi connectivity index (χ0n) is 12.4. The Morgan fingerprint density at radius 2 is 1.91 bits per heavy atom. The standard InChI is InChI=1S/C14H19IO6S/c1-10-3-5-11(6-4-10)22(18,19)21-9-13(16)12(15)7-8-14(17)20-2/h3-6,12-13,16H,7-9H2,1-2H3. The van der Waals surface area contributed by atoms with Crippen molar-refractivity contribution in [3.05, 3.63) is 29.8 Å². The summed E-state index contributed by atoms with van der Waals surface area (Å²) < 4.78 is 33.0. The molecule has 1 rings (SSSR count). The Morgan fingerprint density at radius 1 is 1.32 bits per heavy atom. The number of hydrogen-bond donors (Lipinski definition) is 1. The van der Waals surface area contributed by atoms with Gasteiger partial charge >= 0.3 is 5.97 Å². The van der Waals surface area contributed by atoms with Crippen molar-refractivity contribution in [3.8, 4) is 0 Å². The zero-order valence-corrected chi connectivity index (χ0v) is 15.3. The normalized spacial score (nSPS) is 14.4. The number of aryl methyl sites for hydroxylation is 1. The smallest absolute Gasteiger partial charge is 0.305 e. The summed E-state index contributed by atoms with van der Waals surface area (Å²) in [6, 6.07) is 6.25. The molecule has 0 bridgehead atoms. The molecule has 22 heavy (non-hydrogen) atoms. The molecular formula is C14H19IO6S. The monoisotopic (exact) mass is 442 g/mol. The summed E-state index contributed by atoms with van der Waals surface area (Å²) in [5.74, 6) is -0.373. The highest BCUT2D eigenvalue weighted by Crippen LogP contribution is 2.18. The second-order valence-electron chi connectivity index (χ2n) is 4.75. The number of aliphatic hydroxyl groups excluding tert-OH is 1. The fourth-order valence-corrected chi connectivity index (χ4v) is 3.03. The molecule has 1 aromatic rings. The average Bonchev–Trinajstić information content (AvgIpc) is 2.50. The number of ether oxygens (including phenoxy) is 1. The van der Waals surface area contributed by atoms with E-state index in [4.69, 9.17) is 4.18 Å². The molecule has 8 heteroatoms. The largest absolute Gasteiger partial charge is 0.469 e. The van der Waals surface area contributed by atoms with Crippen LogP contribution in [0.1, 0.15) is 18.4 Å². The van der Waals surface area contributed by atoms with Crippen LogP contribution >= 0.6 is 22.6 Å². The van der Waals surface area contributed by atoms with Crippen LogP contribution in [0.15, 0.2) is 29.2 Å². The van der Waals surface area contributed by atoms with E-state index in [0.29, 0.717) is 6.42 Å². The third kappa shape index (κ3) is 6.19. The van der Waals surface area contributed by atoms with Crippen molar-refractivity contribution >= 4 is 38.7 Å². The van der Waals surface area contributed by atoms with Crippen LogP contribution in [0, 0.1) is 6.92 Å². The molecule has 0 aromatic heterocycles. The summed E-state index contributed by atoms with van der Waals surface area (Å²) in [6.45, 7) is 1.49. The molecule has 1 aromatic carbocycles. The first-order valence-corrected chi connectivity index (χ1v) is 9.26. The van der Waals surface area contributed by atoms with Crippen molar-refractivity contribution in [3.63, 3.8) is 0 Å². The van der Waals surface area contributed by atoms with Crippen LogP contribution in [-0.4, -0.2) is 43.2 Å². The summed E-state index contributed by atoms with van der Waals surface area (Å²) in [4.78, 5) is 11.1. The molecule has 0 heterocycles. The first kappa shape index (κ1) is 19.3. The van der Waals surface area contributed by atoms with Crippen molar-refractivity contribution in [2.24, 2.45) is 0 Å². The maximum absolute atomic E-state index is 12.0. The molecule has 0 spiro atoms. The lowest BCUT2D eigenvalue weighted by molar-refractivity contribution is -0.140. The van der Waals surface area contributed by atoms with Gasteiger partial charge in [0.1, 0.15) is 0 Å². The van der Waals surface area contributed by atoms with Crippen LogP contribution in [0.4, 0.5) is 0 Å². The van der Waals surface area contributed by atoms with Crippen molar-refractivity contribution in [1.29, 1.82) is 0 Å². The minimum atomic E-state index is -3.90. The van der Waals surface area contributed by atoms with E-state index >= 15 is 0 Å². The molecule has 0 aliphatic carbocycles. The lowest BCUT2D eigenvalue weighted by Crippen LogP contribution is -2.28. The van der Waals surface area contributed by atoms with Crippen LogP contribution in [0.3, 0.4) is 0 Å². The van der Waals surface area contributed by atoms with Crippen molar-refractivity contribution in [2.45, 2.75) is 34.7 Å². The molecule has 0 saturated carbocycles. The van der Waals surface area contributed by atoms with Gasteiger partial charge in [-0.15, -0.1) is 0 Å². The summed E-state index contributed by atoms with van der Waals surface area (Å²) in [5, 5.41) is 9.91. The fraction of sp³-hybridized carbons (Fsp3) is 0.500. The van der Waals surface area contributed by atoms with Gasteiger partial charge in [-0.2, -0.15) is 8.42 Å². The molecule has 6 nitrogen and oxygen atoms in total. The molecule has 0 radical (unpaired) electrons. The van der Waals surface area contributed by atoms with Gasteiger partial charge in [0.15, 0.2) is 0 Å². The molecule has 0 saturated heterocycles. The number of rotatable bonds is 8. The Kier molecular flexibility index (Phi) is 7.74. The molecule has 0 amide bonds. The molecule has 0 fully saturated rings. The number of aliphatic hydroxyl groups is 1. The highest BCUT2D eigenvalue weighted by atomic mass is 127. The number of esters is 1. The minimum Gasteiger partial charge on any atom is -0.469 e. The first-order chi connectivity index (χ1) is 10.3. The van der Waals surface area contributed by atoms with Crippen molar-refractivity contribution in [1.82, 2.24) is 0 Å². The fourth-order valence-electron chi connectivity index (χ4n) is 1.59. The van der Waals surface area contributed by atoms with Gasteiger partial charge < -0.3 is 9.84 Å². The zero-order chi connectivity index (χ0) is 16.8. The highest BCUT2D eigenvalue weighted by Gasteiger charge is 2.22. The predicted octanol–water partition coefficient (Wildman–Crippen LogP) is 1.82. The summed E-state index contributed by atoms with van der Waals surface area (Å²) in [7, 11) is -2.61. The summed E-state index contributed by atoms with van der Waals surface area (Å²) >= 11 is 1.96. The van der Waals surface area contributed by atoms with Crippen LogP contribution in [0.2, 0.25) is 0 Å². The van der Waals surface area contributed by atoms with Crippen molar-refractivity contribution in [2.75, 3.05) is 13.7 Å². The lowest BCUT2D eigenvalue weighted by atomic mass is 10.1. The van der Waals surface area contributed by atoms with Gasteiger partial charge in [-0.3, -0.25) is 8.98 Å². The van der Waals surface area contributed by atoms with E-state index in [1.807, 2.05) is 29.5 Å². The number of hydrogen-bond acceptors (Lipinski definition) is 6. The SMILES string of the molecule is COC(=O)CCC(I)C(O)COS(=O)(=O)c1ccc(C)cc1. The minimum absolute atomic E-state index is 0.0462. The third-order valence-corrected chi connectivity index (χ3v) is 5.72. The number of carbonyl (C=O) groups is 1. The molecular weight excluding hydrogens is 423 g/mol. The second-order valence-corrected chi connectivity index (χ2v) is 7.97. The van der Waals surface area contributed by atoms with Gasteiger partial charge in [0.25, 0.3) is 10.1 Å². The van der Waals surface area contributed by atoms with E-state index in [-0.39, 0.29) is 27.8 Å². The number of methoxy groups -OCH3 is 1. The lowest BCUT2D eigenvalue weighted by Gasteiger charge is -2.16. The number of carbonyl (C=O) groups excluding carboxylic acids is 1. The van der Waals surface area contributed by atoms with E-state index < -0.39 is 16.2 Å². The Morgan fingerprint density at radius 3 is 2.45 bits per heavy atom. The maximum Gasteiger partial charge on any atom is 0.305 e. The number of benzene rings is 1. The predicted molar refractivity (Wildman–Crippen MR) is 89.4 cm³/mol. The van der Waals surface area contributed by atoms with Gasteiger partial charge in [0.2, 0.25) is 0 Å². The van der Waals surface area contributed by atoms with Gasteiger partial charge in [-0.25, -0.2) is 0 Å². The van der Waals surface area contributed by atoms with Crippen LogP contribution < -0.4 is 0 Å². The quantitative estimate of drug-likeness (QED) is 0.286. The summed E-state index contributed by atoms with van der Waals surface area (Å²) in [5.41, 5.74) is 0.939. The van der Waals surface area contributed by atoms with E-state index in [1.54, 1.807) is 12.1 Å². The topological polar surface area (TPSA) is 89.9 Å². The molecule has 1 N–H and O–H groups in total. The second kappa shape index (κ2) is 8.80. The number of alkyl halides is 1. The van der Waals surface area contributed by atoms with E-state index in [9.17, 15) is 18.3 Å². The Balaban J connectivity index is 2.53. The molecule has 124 valence electrons. The van der Waals surface area contributed by atoms with E-state index in [2.05, 4.69) is 4.74 Å². The summed E-state index contributed by atoms with van der Waals surface area (Å²) in [6.07, 6.45) is -0.459. The van der Waals surface area contributed by atoms with Crippen LogP contribution in [-0.2, 0) is 23.8 Å². The van der Waals surface area contributed by atoms with Gasteiger partial charge in [-0.1, -0.05) is 40.3 Å². The Bertz CT molecular complexity index is 584. The van der Waals surface area contributed by atoms with Crippen molar-refractivity contribution < 1.29 is 27.2 Å². The van der Waals surface area contributed by atoms with Gasteiger partial charge in [0, 0.05) is 10.3 Å². The molecule has 2 unspecified atom stereocenters. The molecule has 2 atom stereocenters. The first-order valence-electron chi connectivity index (χ1n) is 6.61. The highest BCUT2D eigenvalue weighted by molar-refractivity contribution is 14.1.